The Hall–Kier alpha value is -3.46. The Morgan fingerprint density at radius 2 is 2.20 bits per heavy atom. The fraction of sp³-hybridized carbons (Fsp3) is 0.158. The second-order valence-electron chi connectivity index (χ2n) is 5.52. The lowest BCUT2D eigenvalue weighted by Gasteiger charge is -2.10. The highest BCUT2D eigenvalue weighted by Gasteiger charge is 2.26. The molecule has 0 aliphatic heterocycles. The van der Waals surface area contributed by atoms with Gasteiger partial charge in [0.2, 0.25) is 5.91 Å². The van der Waals surface area contributed by atoms with Crippen LogP contribution in [0.5, 0.6) is 0 Å². The van der Waals surface area contributed by atoms with Crippen LogP contribution in [0, 0.1) is 11.3 Å². The summed E-state index contributed by atoms with van der Waals surface area (Å²) in [6.07, 6.45) is 5.50. The number of nitriles is 1. The third kappa shape index (κ3) is 3.26. The Bertz CT molecular complexity index is 962. The summed E-state index contributed by atoms with van der Waals surface area (Å²) in [6.45, 7) is 0. The molecule has 0 fully saturated rings. The number of hydrogen-bond donors (Lipinski definition) is 1. The van der Waals surface area contributed by atoms with Gasteiger partial charge in [0.25, 0.3) is 0 Å². The standard InChI is InChI=1S/C19H15N3O3/c1-25-19(24)18-13(10-20)5-6-16(18)22-17(23)9-12-3-2-4-14-11-21-8-7-15(12)14/h2-5,7-8,11H,6,9H2,1H3,(H,22,23). The zero-order valence-corrected chi connectivity index (χ0v) is 13.6. The van der Waals surface area contributed by atoms with Crippen molar-refractivity contribution in [3.05, 3.63) is 65.1 Å². The van der Waals surface area contributed by atoms with Gasteiger partial charge < -0.3 is 10.1 Å². The summed E-state index contributed by atoms with van der Waals surface area (Å²) in [5, 5.41) is 13.8. The smallest absolute Gasteiger partial charge is 0.340 e. The van der Waals surface area contributed by atoms with E-state index in [1.807, 2.05) is 30.3 Å². The van der Waals surface area contributed by atoms with Gasteiger partial charge in [-0.15, -0.1) is 0 Å². The van der Waals surface area contributed by atoms with Crippen molar-refractivity contribution in [3.8, 4) is 6.07 Å². The first kappa shape index (κ1) is 16.4. The topological polar surface area (TPSA) is 92.1 Å². The molecule has 1 aliphatic rings. The lowest BCUT2D eigenvalue weighted by Crippen LogP contribution is -2.26. The van der Waals surface area contributed by atoms with E-state index < -0.39 is 5.97 Å². The van der Waals surface area contributed by atoms with E-state index in [-0.39, 0.29) is 23.5 Å². The molecule has 0 saturated carbocycles. The molecule has 124 valence electrons. The molecule has 6 heteroatoms. The van der Waals surface area contributed by atoms with E-state index in [0.29, 0.717) is 12.1 Å². The van der Waals surface area contributed by atoms with E-state index in [2.05, 4.69) is 10.3 Å². The van der Waals surface area contributed by atoms with Gasteiger partial charge in [-0.3, -0.25) is 9.78 Å². The lowest BCUT2D eigenvalue weighted by molar-refractivity contribution is -0.135. The SMILES string of the molecule is COC(=O)C1=C(NC(=O)Cc2cccc3cnccc23)CC=C1C#N. The van der Waals surface area contributed by atoms with Gasteiger partial charge in [-0.1, -0.05) is 24.3 Å². The Kier molecular flexibility index (Phi) is 4.57. The number of benzene rings is 1. The van der Waals surface area contributed by atoms with Crippen LogP contribution in [0.3, 0.4) is 0 Å². The largest absolute Gasteiger partial charge is 0.465 e. The van der Waals surface area contributed by atoms with Crippen molar-refractivity contribution in [2.45, 2.75) is 12.8 Å². The number of esters is 1. The number of fused-ring (bicyclic) bond motifs is 1. The van der Waals surface area contributed by atoms with Crippen molar-refractivity contribution in [3.63, 3.8) is 0 Å². The van der Waals surface area contributed by atoms with Gasteiger partial charge in [0.15, 0.2) is 0 Å². The molecule has 1 N–H and O–H groups in total. The molecule has 0 unspecified atom stereocenters. The summed E-state index contributed by atoms with van der Waals surface area (Å²) in [5.41, 5.74) is 1.61. The molecule has 1 aromatic heterocycles. The summed E-state index contributed by atoms with van der Waals surface area (Å²) in [5.74, 6) is -0.884. The van der Waals surface area contributed by atoms with Crippen LogP contribution in [0.4, 0.5) is 0 Å². The van der Waals surface area contributed by atoms with E-state index in [1.165, 1.54) is 7.11 Å². The normalized spacial score (nSPS) is 13.4. The highest BCUT2D eigenvalue weighted by atomic mass is 16.5. The van der Waals surface area contributed by atoms with Gasteiger partial charge in [0.1, 0.15) is 0 Å². The predicted molar refractivity (Wildman–Crippen MR) is 90.9 cm³/mol. The molecule has 0 spiro atoms. The van der Waals surface area contributed by atoms with Crippen molar-refractivity contribution in [2.24, 2.45) is 0 Å². The molecule has 6 nitrogen and oxygen atoms in total. The second kappa shape index (κ2) is 6.97. The fourth-order valence-corrected chi connectivity index (χ4v) is 2.85. The van der Waals surface area contributed by atoms with Crippen molar-refractivity contribution in [1.29, 1.82) is 5.26 Å². The van der Waals surface area contributed by atoms with E-state index >= 15 is 0 Å². The van der Waals surface area contributed by atoms with Crippen molar-refractivity contribution in [2.75, 3.05) is 7.11 Å². The van der Waals surface area contributed by atoms with Crippen LogP contribution < -0.4 is 5.32 Å². The van der Waals surface area contributed by atoms with E-state index in [0.717, 1.165) is 16.3 Å². The number of carbonyl (C=O) groups excluding carboxylic acids is 2. The molecule has 25 heavy (non-hydrogen) atoms. The first-order chi connectivity index (χ1) is 12.1. The third-order valence-corrected chi connectivity index (χ3v) is 4.00. The number of nitrogens with one attached hydrogen (secondary N) is 1. The monoisotopic (exact) mass is 333 g/mol. The van der Waals surface area contributed by atoms with Crippen LogP contribution in [0.25, 0.3) is 10.8 Å². The maximum atomic E-state index is 12.4. The average Bonchev–Trinajstić information content (AvgIpc) is 3.04. The number of carbonyl (C=O) groups is 2. The number of nitrogens with zero attached hydrogens (tertiary/aromatic N) is 2. The number of methoxy groups -OCH3 is 1. The molecule has 0 bridgehead atoms. The molecule has 1 aliphatic carbocycles. The Balaban J connectivity index is 1.83. The summed E-state index contributed by atoms with van der Waals surface area (Å²) in [4.78, 5) is 28.4. The molecule has 2 aromatic rings. The van der Waals surface area contributed by atoms with Crippen LogP contribution in [-0.4, -0.2) is 24.0 Å². The minimum Gasteiger partial charge on any atom is -0.465 e. The van der Waals surface area contributed by atoms with Gasteiger partial charge >= 0.3 is 5.97 Å². The number of allylic oxidation sites excluding steroid dienone is 1. The van der Waals surface area contributed by atoms with E-state index in [1.54, 1.807) is 18.5 Å². The fourth-order valence-electron chi connectivity index (χ4n) is 2.85. The van der Waals surface area contributed by atoms with Gasteiger partial charge in [0, 0.05) is 29.9 Å². The van der Waals surface area contributed by atoms with Gasteiger partial charge in [-0.2, -0.15) is 5.26 Å². The number of amides is 1. The second-order valence-corrected chi connectivity index (χ2v) is 5.52. The highest BCUT2D eigenvalue weighted by molar-refractivity contribution is 5.98. The third-order valence-electron chi connectivity index (χ3n) is 4.00. The van der Waals surface area contributed by atoms with Gasteiger partial charge in [-0.05, 0) is 17.0 Å². The summed E-state index contributed by atoms with van der Waals surface area (Å²) < 4.78 is 4.71. The van der Waals surface area contributed by atoms with Crippen LogP contribution in [0.15, 0.2) is 59.6 Å². The van der Waals surface area contributed by atoms with Crippen molar-refractivity contribution >= 4 is 22.6 Å². The molecule has 0 saturated heterocycles. The molecule has 1 amide bonds. The summed E-state index contributed by atoms with van der Waals surface area (Å²) in [6, 6.07) is 9.50. The molecule has 0 radical (unpaired) electrons. The Labute approximate surface area is 144 Å². The van der Waals surface area contributed by atoms with E-state index in [4.69, 9.17) is 10.00 Å². The number of ether oxygens (including phenoxy) is 1. The molecular formula is C19H15N3O3. The van der Waals surface area contributed by atoms with E-state index in [9.17, 15) is 9.59 Å². The first-order valence-electron chi connectivity index (χ1n) is 7.67. The number of aromatic nitrogens is 1. The maximum absolute atomic E-state index is 12.4. The number of rotatable bonds is 4. The van der Waals surface area contributed by atoms with Crippen LogP contribution >= 0.6 is 0 Å². The Morgan fingerprint density at radius 1 is 1.36 bits per heavy atom. The van der Waals surface area contributed by atoms with Crippen LogP contribution in [0.2, 0.25) is 0 Å². The number of hydrogen-bond acceptors (Lipinski definition) is 5. The minimum absolute atomic E-state index is 0.125. The molecule has 1 aromatic carbocycles. The molecule has 3 rings (SSSR count). The van der Waals surface area contributed by atoms with Crippen molar-refractivity contribution in [1.82, 2.24) is 10.3 Å². The first-order valence-corrected chi connectivity index (χ1v) is 7.67. The van der Waals surface area contributed by atoms with Crippen LogP contribution in [-0.2, 0) is 20.7 Å². The Morgan fingerprint density at radius 3 is 2.96 bits per heavy atom. The molecule has 1 heterocycles. The average molecular weight is 333 g/mol. The maximum Gasteiger partial charge on any atom is 0.340 e. The van der Waals surface area contributed by atoms with Gasteiger partial charge in [-0.25, -0.2) is 4.79 Å². The number of pyridine rings is 1. The lowest BCUT2D eigenvalue weighted by atomic mass is 10.0. The molecule has 0 atom stereocenters. The summed E-state index contributed by atoms with van der Waals surface area (Å²) in [7, 11) is 1.24. The quantitative estimate of drug-likeness (QED) is 0.866. The predicted octanol–water partition coefficient (Wildman–Crippen LogP) is 2.17. The van der Waals surface area contributed by atoms with Crippen LogP contribution in [0.1, 0.15) is 12.0 Å². The van der Waals surface area contributed by atoms with Crippen molar-refractivity contribution < 1.29 is 14.3 Å². The van der Waals surface area contributed by atoms with Gasteiger partial charge in [0.05, 0.1) is 30.7 Å². The zero-order valence-electron chi connectivity index (χ0n) is 13.6. The summed E-state index contributed by atoms with van der Waals surface area (Å²) >= 11 is 0. The zero-order chi connectivity index (χ0) is 17.8. The minimum atomic E-state index is -0.628. The molecular weight excluding hydrogens is 318 g/mol. The highest BCUT2D eigenvalue weighted by Crippen LogP contribution is 2.25.